The van der Waals surface area contributed by atoms with Crippen LogP contribution in [0.3, 0.4) is 0 Å². The molecule has 118 valence electrons. The molecule has 1 heterocycles. The van der Waals surface area contributed by atoms with Crippen molar-refractivity contribution in [1.29, 1.82) is 0 Å². The van der Waals surface area contributed by atoms with E-state index in [1.807, 2.05) is 0 Å². The Bertz CT molecular complexity index is 286. The average molecular weight is 286 g/mol. The standard InChI is InChI=1S/C15H30N2O3/c1-4-12(2)17-10-13(9-15(19)20-3)8-14(11-17)16-6-5-7-18/h12-14,16,18H,4-11H2,1-3H3. The van der Waals surface area contributed by atoms with Crippen molar-refractivity contribution in [2.75, 3.05) is 33.4 Å². The minimum Gasteiger partial charge on any atom is -0.469 e. The van der Waals surface area contributed by atoms with Crippen LogP contribution in [0.5, 0.6) is 0 Å². The van der Waals surface area contributed by atoms with Crippen LogP contribution >= 0.6 is 0 Å². The molecule has 0 aliphatic carbocycles. The predicted molar refractivity (Wildman–Crippen MR) is 79.6 cm³/mol. The van der Waals surface area contributed by atoms with Crippen LogP contribution in [0.1, 0.15) is 39.5 Å². The molecular weight excluding hydrogens is 256 g/mol. The molecule has 0 aromatic rings. The molecule has 5 heteroatoms. The molecule has 0 aromatic heterocycles. The van der Waals surface area contributed by atoms with Crippen LogP contribution in [0.2, 0.25) is 0 Å². The lowest BCUT2D eigenvalue weighted by atomic mass is 9.90. The van der Waals surface area contributed by atoms with Crippen LogP contribution in [0.4, 0.5) is 0 Å². The van der Waals surface area contributed by atoms with E-state index in [4.69, 9.17) is 9.84 Å². The van der Waals surface area contributed by atoms with Crippen molar-refractivity contribution in [1.82, 2.24) is 10.2 Å². The summed E-state index contributed by atoms with van der Waals surface area (Å²) in [4.78, 5) is 14.0. The number of esters is 1. The van der Waals surface area contributed by atoms with Gasteiger partial charge in [-0.05, 0) is 38.6 Å². The Kier molecular flexibility index (Phi) is 8.11. The summed E-state index contributed by atoms with van der Waals surface area (Å²) >= 11 is 0. The molecule has 1 fully saturated rings. The Morgan fingerprint density at radius 1 is 1.50 bits per heavy atom. The Balaban J connectivity index is 2.54. The SMILES string of the molecule is CCC(C)N1CC(CC(=O)OC)CC(NCCCO)C1. The van der Waals surface area contributed by atoms with Crippen molar-refractivity contribution < 1.29 is 14.6 Å². The van der Waals surface area contributed by atoms with E-state index in [9.17, 15) is 4.79 Å². The highest BCUT2D eigenvalue weighted by molar-refractivity contribution is 5.69. The summed E-state index contributed by atoms with van der Waals surface area (Å²) in [6.07, 6.45) is 3.41. The molecule has 0 bridgehead atoms. The van der Waals surface area contributed by atoms with Crippen LogP contribution < -0.4 is 5.32 Å². The average Bonchev–Trinajstić information content (AvgIpc) is 2.46. The minimum absolute atomic E-state index is 0.116. The number of likely N-dealkylation sites (tertiary alicyclic amines) is 1. The van der Waals surface area contributed by atoms with E-state index in [0.29, 0.717) is 24.4 Å². The fraction of sp³-hybridized carbons (Fsp3) is 0.933. The normalized spacial score (nSPS) is 25.4. The van der Waals surface area contributed by atoms with E-state index < -0.39 is 0 Å². The maximum atomic E-state index is 11.5. The first-order chi connectivity index (χ1) is 9.60. The molecular formula is C15H30N2O3. The molecule has 1 saturated heterocycles. The van der Waals surface area contributed by atoms with Crippen LogP contribution in [0.15, 0.2) is 0 Å². The van der Waals surface area contributed by atoms with Crippen molar-refractivity contribution in [3.63, 3.8) is 0 Å². The molecule has 0 radical (unpaired) electrons. The van der Waals surface area contributed by atoms with Gasteiger partial charge in [-0.1, -0.05) is 6.92 Å². The van der Waals surface area contributed by atoms with Crippen LogP contribution in [0, 0.1) is 5.92 Å². The maximum absolute atomic E-state index is 11.5. The maximum Gasteiger partial charge on any atom is 0.305 e. The summed E-state index contributed by atoms with van der Waals surface area (Å²) in [5, 5.41) is 12.4. The van der Waals surface area contributed by atoms with Crippen LogP contribution in [0.25, 0.3) is 0 Å². The molecule has 20 heavy (non-hydrogen) atoms. The van der Waals surface area contributed by atoms with Crippen LogP contribution in [-0.4, -0.2) is 61.4 Å². The van der Waals surface area contributed by atoms with E-state index in [2.05, 4.69) is 24.1 Å². The van der Waals surface area contributed by atoms with Gasteiger partial charge in [0.1, 0.15) is 0 Å². The molecule has 2 N–H and O–H groups in total. The number of methoxy groups -OCH3 is 1. The molecule has 5 nitrogen and oxygen atoms in total. The summed E-state index contributed by atoms with van der Waals surface area (Å²) in [7, 11) is 1.45. The Morgan fingerprint density at radius 3 is 2.85 bits per heavy atom. The van der Waals surface area contributed by atoms with E-state index in [-0.39, 0.29) is 12.6 Å². The highest BCUT2D eigenvalue weighted by Gasteiger charge is 2.30. The number of nitrogens with one attached hydrogen (secondary N) is 1. The zero-order valence-electron chi connectivity index (χ0n) is 13.1. The third-order valence-corrected chi connectivity index (χ3v) is 4.23. The van der Waals surface area contributed by atoms with Gasteiger partial charge >= 0.3 is 5.97 Å². The molecule has 0 spiro atoms. The quantitative estimate of drug-likeness (QED) is 0.515. The van der Waals surface area contributed by atoms with Gasteiger partial charge in [-0.25, -0.2) is 0 Å². The number of piperidine rings is 1. The molecule has 1 aliphatic heterocycles. The van der Waals surface area contributed by atoms with Gasteiger partial charge in [0.2, 0.25) is 0 Å². The second-order valence-corrected chi connectivity index (χ2v) is 5.82. The molecule has 3 unspecified atom stereocenters. The fourth-order valence-corrected chi connectivity index (χ4v) is 2.86. The van der Waals surface area contributed by atoms with Gasteiger partial charge in [0.05, 0.1) is 7.11 Å². The van der Waals surface area contributed by atoms with Crippen molar-refractivity contribution in [3.05, 3.63) is 0 Å². The smallest absolute Gasteiger partial charge is 0.305 e. The van der Waals surface area contributed by atoms with E-state index in [0.717, 1.165) is 38.9 Å². The molecule has 0 amide bonds. The number of hydrogen-bond acceptors (Lipinski definition) is 5. The predicted octanol–water partition coefficient (Wildman–Crippen LogP) is 1.01. The van der Waals surface area contributed by atoms with E-state index >= 15 is 0 Å². The zero-order chi connectivity index (χ0) is 15.0. The van der Waals surface area contributed by atoms with Crippen LogP contribution in [-0.2, 0) is 9.53 Å². The third-order valence-electron chi connectivity index (χ3n) is 4.23. The lowest BCUT2D eigenvalue weighted by molar-refractivity contribution is -0.142. The number of aliphatic hydroxyl groups excluding tert-OH is 1. The monoisotopic (exact) mass is 286 g/mol. The Labute approximate surface area is 122 Å². The second-order valence-electron chi connectivity index (χ2n) is 5.82. The molecule has 3 atom stereocenters. The summed E-state index contributed by atoms with van der Waals surface area (Å²) in [6.45, 7) is 7.50. The first-order valence-electron chi connectivity index (χ1n) is 7.75. The van der Waals surface area contributed by atoms with E-state index in [1.54, 1.807) is 0 Å². The van der Waals surface area contributed by atoms with Gasteiger partial charge < -0.3 is 15.2 Å². The van der Waals surface area contributed by atoms with E-state index in [1.165, 1.54) is 7.11 Å². The van der Waals surface area contributed by atoms with Crippen molar-refractivity contribution in [3.8, 4) is 0 Å². The van der Waals surface area contributed by atoms with Gasteiger partial charge in [-0.2, -0.15) is 0 Å². The summed E-state index contributed by atoms with van der Waals surface area (Å²) in [5.74, 6) is 0.243. The van der Waals surface area contributed by atoms with Gasteiger partial charge in [0.15, 0.2) is 0 Å². The number of nitrogens with zero attached hydrogens (tertiary/aromatic N) is 1. The summed E-state index contributed by atoms with van der Waals surface area (Å²) in [5.41, 5.74) is 0. The highest BCUT2D eigenvalue weighted by Crippen LogP contribution is 2.23. The highest BCUT2D eigenvalue weighted by atomic mass is 16.5. The van der Waals surface area contributed by atoms with Gasteiger partial charge in [0, 0.05) is 38.2 Å². The number of carbonyl (C=O) groups excluding carboxylic acids is 1. The van der Waals surface area contributed by atoms with Crippen molar-refractivity contribution >= 4 is 5.97 Å². The molecule has 1 aliphatic rings. The minimum atomic E-state index is -0.116. The molecule has 0 saturated carbocycles. The number of aliphatic hydroxyl groups is 1. The third kappa shape index (κ3) is 5.77. The molecule has 0 aromatic carbocycles. The molecule has 1 rings (SSSR count). The lowest BCUT2D eigenvalue weighted by Crippen LogP contribution is -2.52. The Morgan fingerprint density at radius 2 is 2.25 bits per heavy atom. The topological polar surface area (TPSA) is 61.8 Å². The van der Waals surface area contributed by atoms with Gasteiger partial charge in [-0.15, -0.1) is 0 Å². The van der Waals surface area contributed by atoms with Crippen molar-refractivity contribution in [2.45, 2.75) is 51.6 Å². The van der Waals surface area contributed by atoms with Gasteiger partial charge in [0.25, 0.3) is 0 Å². The van der Waals surface area contributed by atoms with Gasteiger partial charge in [-0.3, -0.25) is 9.69 Å². The Hall–Kier alpha value is -0.650. The summed E-state index contributed by atoms with van der Waals surface area (Å²) in [6, 6.07) is 0.941. The fourth-order valence-electron chi connectivity index (χ4n) is 2.86. The number of ether oxygens (including phenoxy) is 1. The number of hydrogen-bond donors (Lipinski definition) is 2. The second kappa shape index (κ2) is 9.32. The number of carbonyl (C=O) groups is 1. The zero-order valence-corrected chi connectivity index (χ0v) is 13.1. The van der Waals surface area contributed by atoms with Crippen molar-refractivity contribution in [2.24, 2.45) is 5.92 Å². The number of rotatable bonds is 8. The first kappa shape index (κ1) is 17.4. The largest absolute Gasteiger partial charge is 0.469 e. The lowest BCUT2D eigenvalue weighted by Gasteiger charge is -2.41. The summed E-state index contributed by atoms with van der Waals surface area (Å²) < 4.78 is 4.80. The first-order valence-corrected chi connectivity index (χ1v) is 7.75.